The first-order valence-corrected chi connectivity index (χ1v) is 5.50. The molecule has 1 amide bonds. The van der Waals surface area contributed by atoms with E-state index in [2.05, 4.69) is 0 Å². The molecule has 92 valence electrons. The number of halogens is 1. The summed E-state index contributed by atoms with van der Waals surface area (Å²) in [5, 5.41) is 8.77. The number of carbonyl (C=O) groups is 1. The maximum absolute atomic E-state index is 12.9. The van der Waals surface area contributed by atoms with E-state index in [-0.39, 0.29) is 18.3 Å². The summed E-state index contributed by atoms with van der Waals surface area (Å²) >= 11 is 0. The molecule has 0 unspecified atom stereocenters. The van der Waals surface area contributed by atoms with Crippen molar-refractivity contribution in [2.75, 3.05) is 19.7 Å². The van der Waals surface area contributed by atoms with Crippen molar-refractivity contribution in [1.29, 1.82) is 0 Å². The summed E-state index contributed by atoms with van der Waals surface area (Å²) in [7, 11) is 0. The van der Waals surface area contributed by atoms with Crippen LogP contribution in [0.2, 0.25) is 0 Å². The third-order valence-electron chi connectivity index (χ3n) is 2.33. The molecule has 0 aromatic heterocycles. The Morgan fingerprint density at radius 1 is 1.53 bits per heavy atom. The summed E-state index contributed by atoms with van der Waals surface area (Å²) < 4.78 is 12.9. The Hall–Kier alpha value is -1.68. The number of hydrogen-bond acceptors (Lipinski definition) is 2. The van der Waals surface area contributed by atoms with Gasteiger partial charge in [0.25, 0.3) is 0 Å². The molecule has 0 radical (unpaired) electrons. The van der Waals surface area contributed by atoms with E-state index in [1.807, 2.05) is 6.92 Å². The maximum atomic E-state index is 12.9. The van der Waals surface area contributed by atoms with Crippen LogP contribution in [0.4, 0.5) is 4.39 Å². The van der Waals surface area contributed by atoms with Crippen LogP contribution in [0.1, 0.15) is 12.5 Å². The van der Waals surface area contributed by atoms with Gasteiger partial charge in [-0.05, 0) is 30.7 Å². The Morgan fingerprint density at radius 3 is 2.88 bits per heavy atom. The first kappa shape index (κ1) is 13.4. The fourth-order valence-corrected chi connectivity index (χ4v) is 1.43. The van der Waals surface area contributed by atoms with E-state index in [0.717, 1.165) is 0 Å². The summed E-state index contributed by atoms with van der Waals surface area (Å²) in [6.45, 7) is 2.62. The minimum absolute atomic E-state index is 0.0621. The van der Waals surface area contributed by atoms with E-state index < -0.39 is 0 Å². The normalized spacial score (nSPS) is 10.8. The monoisotopic (exact) mass is 237 g/mol. The Morgan fingerprint density at radius 2 is 2.29 bits per heavy atom. The summed E-state index contributed by atoms with van der Waals surface area (Å²) in [5.41, 5.74) is 0.637. The van der Waals surface area contributed by atoms with Crippen LogP contribution in [0.5, 0.6) is 0 Å². The molecule has 0 aliphatic rings. The zero-order valence-corrected chi connectivity index (χ0v) is 9.77. The highest BCUT2D eigenvalue weighted by molar-refractivity contribution is 5.91. The lowest BCUT2D eigenvalue weighted by molar-refractivity contribution is -0.126. The van der Waals surface area contributed by atoms with Crippen LogP contribution in [0.25, 0.3) is 6.08 Å². The molecule has 1 aromatic carbocycles. The maximum Gasteiger partial charge on any atom is 0.246 e. The molecule has 1 N–H and O–H groups in total. The quantitative estimate of drug-likeness (QED) is 0.791. The molecule has 1 aromatic rings. The van der Waals surface area contributed by atoms with Crippen LogP contribution < -0.4 is 0 Å². The van der Waals surface area contributed by atoms with Crippen LogP contribution in [0, 0.1) is 5.82 Å². The fraction of sp³-hybridized carbons (Fsp3) is 0.308. The number of carbonyl (C=O) groups excluding carboxylic acids is 1. The van der Waals surface area contributed by atoms with Gasteiger partial charge in [0.2, 0.25) is 5.91 Å². The van der Waals surface area contributed by atoms with Crippen molar-refractivity contribution < 1.29 is 14.3 Å². The number of rotatable bonds is 5. The van der Waals surface area contributed by atoms with Gasteiger partial charge < -0.3 is 10.0 Å². The first-order valence-electron chi connectivity index (χ1n) is 5.50. The number of aliphatic hydroxyl groups is 1. The highest BCUT2D eigenvalue weighted by atomic mass is 19.1. The van der Waals surface area contributed by atoms with Gasteiger partial charge in [-0.15, -0.1) is 0 Å². The molecule has 0 fully saturated rings. The largest absolute Gasteiger partial charge is 0.395 e. The fourth-order valence-electron chi connectivity index (χ4n) is 1.43. The highest BCUT2D eigenvalue weighted by Gasteiger charge is 2.06. The molecular formula is C13H16FNO2. The van der Waals surface area contributed by atoms with Gasteiger partial charge in [0.1, 0.15) is 5.82 Å². The smallest absolute Gasteiger partial charge is 0.246 e. The predicted molar refractivity (Wildman–Crippen MR) is 64.8 cm³/mol. The van der Waals surface area contributed by atoms with Crippen molar-refractivity contribution in [2.45, 2.75) is 6.92 Å². The van der Waals surface area contributed by atoms with E-state index in [4.69, 9.17) is 5.11 Å². The molecular weight excluding hydrogens is 221 g/mol. The van der Waals surface area contributed by atoms with Gasteiger partial charge in [-0.1, -0.05) is 12.1 Å². The molecule has 4 heteroatoms. The Balaban J connectivity index is 2.67. The van der Waals surface area contributed by atoms with E-state index in [1.54, 1.807) is 18.2 Å². The molecule has 0 heterocycles. The van der Waals surface area contributed by atoms with Gasteiger partial charge in [0.15, 0.2) is 0 Å². The zero-order valence-electron chi connectivity index (χ0n) is 9.77. The second-order valence-electron chi connectivity index (χ2n) is 3.53. The molecule has 3 nitrogen and oxygen atoms in total. The standard InChI is InChI=1S/C13H16FNO2/c1-2-15(8-9-16)13(17)7-6-11-4-3-5-12(14)10-11/h3-7,10,16H,2,8-9H2,1H3/b7-6+. The molecule has 0 saturated heterocycles. The molecule has 0 aliphatic heterocycles. The van der Waals surface area contributed by atoms with E-state index in [9.17, 15) is 9.18 Å². The number of likely N-dealkylation sites (N-methyl/N-ethyl adjacent to an activating group) is 1. The van der Waals surface area contributed by atoms with Crippen molar-refractivity contribution >= 4 is 12.0 Å². The van der Waals surface area contributed by atoms with Crippen molar-refractivity contribution in [3.63, 3.8) is 0 Å². The molecule has 0 aliphatic carbocycles. The van der Waals surface area contributed by atoms with Crippen molar-refractivity contribution in [2.24, 2.45) is 0 Å². The lowest BCUT2D eigenvalue weighted by Crippen LogP contribution is -2.31. The lowest BCUT2D eigenvalue weighted by atomic mass is 10.2. The topological polar surface area (TPSA) is 40.5 Å². The second kappa shape index (κ2) is 6.81. The van der Waals surface area contributed by atoms with Gasteiger partial charge in [-0.3, -0.25) is 4.79 Å². The average molecular weight is 237 g/mol. The van der Waals surface area contributed by atoms with Crippen LogP contribution in [-0.4, -0.2) is 35.6 Å². The van der Waals surface area contributed by atoms with Gasteiger partial charge in [0, 0.05) is 19.2 Å². The third kappa shape index (κ3) is 4.36. The third-order valence-corrected chi connectivity index (χ3v) is 2.33. The first-order chi connectivity index (χ1) is 8.17. The Kier molecular flexibility index (Phi) is 5.36. The Labute approximate surface area is 100 Å². The van der Waals surface area contributed by atoms with E-state index >= 15 is 0 Å². The summed E-state index contributed by atoms with van der Waals surface area (Å²) in [4.78, 5) is 13.2. The SMILES string of the molecule is CCN(CCO)C(=O)/C=C/c1cccc(F)c1. The van der Waals surface area contributed by atoms with Gasteiger partial charge in [-0.25, -0.2) is 4.39 Å². The molecule has 0 atom stereocenters. The number of hydrogen-bond donors (Lipinski definition) is 1. The molecule has 0 saturated carbocycles. The number of amides is 1. The van der Waals surface area contributed by atoms with Crippen molar-refractivity contribution in [1.82, 2.24) is 4.90 Å². The number of nitrogens with zero attached hydrogens (tertiary/aromatic N) is 1. The van der Waals surface area contributed by atoms with Crippen LogP contribution in [0.3, 0.4) is 0 Å². The minimum Gasteiger partial charge on any atom is -0.395 e. The van der Waals surface area contributed by atoms with Crippen molar-refractivity contribution in [3.05, 3.63) is 41.7 Å². The molecule has 17 heavy (non-hydrogen) atoms. The van der Waals surface area contributed by atoms with Crippen LogP contribution in [0.15, 0.2) is 30.3 Å². The van der Waals surface area contributed by atoms with Gasteiger partial charge in [-0.2, -0.15) is 0 Å². The molecule has 0 spiro atoms. The molecule has 0 bridgehead atoms. The summed E-state index contributed by atoms with van der Waals surface area (Å²) in [6.07, 6.45) is 2.94. The predicted octanol–water partition coefficient (Wildman–Crippen LogP) is 1.68. The van der Waals surface area contributed by atoms with E-state index in [0.29, 0.717) is 18.7 Å². The molecule has 1 rings (SSSR count). The minimum atomic E-state index is -0.331. The zero-order chi connectivity index (χ0) is 12.7. The highest BCUT2D eigenvalue weighted by Crippen LogP contribution is 2.05. The lowest BCUT2D eigenvalue weighted by Gasteiger charge is -2.17. The summed E-state index contributed by atoms with van der Waals surface area (Å²) in [6, 6.07) is 6.01. The van der Waals surface area contributed by atoms with Crippen LogP contribution >= 0.6 is 0 Å². The Bertz CT molecular complexity index is 404. The number of benzene rings is 1. The summed E-state index contributed by atoms with van der Waals surface area (Å²) in [5.74, 6) is -0.520. The average Bonchev–Trinajstić information content (AvgIpc) is 2.33. The van der Waals surface area contributed by atoms with Crippen molar-refractivity contribution in [3.8, 4) is 0 Å². The second-order valence-corrected chi connectivity index (χ2v) is 3.53. The van der Waals surface area contributed by atoms with Crippen LogP contribution in [-0.2, 0) is 4.79 Å². The van der Waals surface area contributed by atoms with Gasteiger partial charge >= 0.3 is 0 Å². The van der Waals surface area contributed by atoms with E-state index in [1.165, 1.54) is 23.1 Å². The van der Waals surface area contributed by atoms with Gasteiger partial charge in [0.05, 0.1) is 6.61 Å². The number of aliphatic hydroxyl groups excluding tert-OH is 1.